The van der Waals surface area contributed by atoms with Crippen LogP contribution in [0.5, 0.6) is 0 Å². The summed E-state index contributed by atoms with van der Waals surface area (Å²) in [5.74, 6) is 0.780. The molecule has 0 bridgehead atoms. The molecule has 0 radical (unpaired) electrons. The van der Waals surface area contributed by atoms with Crippen LogP contribution in [0.25, 0.3) is 5.69 Å². The Balaban J connectivity index is 1.93. The summed E-state index contributed by atoms with van der Waals surface area (Å²) >= 11 is 0. The molecule has 1 N–H and O–H groups in total. The molecule has 0 atom stereocenters. The van der Waals surface area contributed by atoms with E-state index in [9.17, 15) is 0 Å². The van der Waals surface area contributed by atoms with Crippen LogP contribution in [0.1, 0.15) is 0 Å². The number of nitrogens with zero attached hydrogens (tertiary/aromatic N) is 5. The first-order valence-electron chi connectivity index (χ1n) is 5.63. The second-order valence-corrected chi connectivity index (χ2v) is 4.15. The Labute approximate surface area is 99.2 Å². The highest BCUT2D eigenvalue weighted by Crippen LogP contribution is 2.17. The molecule has 1 aliphatic heterocycles. The number of anilines is 1. The maximum Gasteiger partial charge on any atom is 0.250 e. The van der Waals surface area contributed by atoms with Crippen molar-refractivity contribution in [3.05, 3.63) is 30.3 Å². The Morgan fingerprint density at radius 2 is 2.06 bits per heavy atom. The Morgan fingerprint density at radius 1 is 1.29 bits per heavy atom. The fraction of sp³-hybridized carbons (Fsp3) is 0.364. The predicted octanol–water partition coefficient (Wildman–Crippen LogP) is 0.0703. The normalized spacial score (nSPS) is 15.6. The molecule has 0 saturated carbocycles. The summed E-state index contributed by atoms with van der Waals surface area (Å²) in [6, 6.07) is 10.4. The van der Waals surface area contributed by atoms with Gasteiger partial charge in [-0.15, -0.1) is 0 Å². The van der Waals surface area contributed by atoms with Gasteiger partial charge >= 0.3 is 0 Å². The van der Waals surface area contributed by atoms with Crippen molar-refractivity contribution in [2.24, 2.45) is 0 Å². The zero-order valence-corrected chi connectivity index (χ0v) is 9.61. The van der Waals surface area contributed by atoms with Crippen LogP contribution in [0.2, 0.25) is 0 Å². The van der Waals surface area contributed by atoms with E-state index in [0.29, 0.717) is 6.04 Å². The first-order chi connectivity index (χ1) is 8.36. The molecule has 1 aromatic carbocycles. The molecule has 1 aliphatic rings. The van der Waals surface area contributed by atoms with Crippen LogP contribution >= 0.6 is 0 Å². The average Bonchev–Trinajstić information content (AvgIpc) is 2.76. The first kappa shape index (κ1) is 10.2. The van der Waals surface area contributed by atoms with Crippen molar-refractivity contribution in [2.45, 2.75) is 6.04 Å². The van der Waals surface area contributed by atoms with E-state index in [2.05, 4.69) is 25.7 Å². The van der Waals surface area contributed by atoms with E-state index < -0.39 is 0 Å². The topological polar surface area (TPSA) is 58.9 Å². The van der Waals surface area contributed by atoms with Crippen LogP contribution in [-0.2, 0) is 0 Å². The van der Waals surface area contributed by atoms with Crippen LogP contribution < -0.4 is 10.2 Å². The molecule has 2 heterocycles. The van der Waals surface area contributed by atoms with Crippen LogP contribution in [0.3, 0.4) is 0 Å². The molecule has 0 amide bonds. The number of likely N-dealkylation sites (N-methyl/N-ethyl adjacent to an activating group) is 1. The van der Waals surface area contributed by atoms with Gasteiger partial charge in [0.05, 0.1) is 11.7 Å². The fourth-order valence-corrected chi connectivity index (χ4v) is 1.85. The van der Waals surface area contributed by atoms with Crippen LogP contribution in [0.15, 0.2) is 30.3 Å². The summed E-state index contributed by atoms with van der Waals surface area (Å²) in [6.45, 7) is 1.97. The zero-order chi connectivity index (χ0) is 11.7. The lowest BCUT2D eigenvalue weighted by Gasteiger charge is -2.35. The fourth-order valence-electron chi connectivity index (χ4n) is 1.85. The quantitative estimate of drug-likeness (QED) is 0.808. The molecule has 0 aliphatic carbocycles. The van der Waals surface area contributed by atoms with Gasteiger partial charge in [0.15, 0.2) is 0 Å². The number of rotatable bonds is 3. The molecule has 6 nitrogen and oxygen atoms in total. The van der Waals surface area contributed by atoms with Gasteiger partial charge in [-0.1, -0.05) is 23.3 Å². The molecule has 1 fully saturated rings. The van der Waals surface area contributed by atoms with Gasteiger partial charge in [0.2, 0.25) is 5.95 Å². The molecule has 1 aromatic heterocycles. The number of benzene rings is 1. The molecule has 88 valence electrons. The third-order valence-electron chi connectivity index (χ3n) is 3.08. The van der Waals surface area contributed by atoms with Crippen LogP contribution in [0, 0.1) is 0 Å². The molecule has 17 heavy (non-hydrogen) atoms. The van der Waals surface area contributed by atoms with E-state index in [4.69, 9.17) is 0 Å². The van der Waals surface area contributed by atoms with Gasteiger partial charge in [0.1, 0.15) is 0 Å². The lowest BCUT2D eigenvalue weighted by atomic mass is 10.1. The lowest BCUT2D eigenvalue weighted by Crippen LogP contribution is -2.56. The first-order valence-corrected chi connectivity index (χ1v) is 5.63. The highest BCUT2D eigenvalue weighted by atomic mass is 15.6. The molecule has 6 heteroatoms. The summed E-state index contributed by atoms with van der Waals surface area (Å²) in [5.41, 5.74) is 0.978. The van der Waals surface area contributed by atoms with Crippen molar-refractivity contribution in [3.8, 4) is 5.69 Å². The number of para-hydroxylation sites is 1. The van der Waals surface area contributed by atoms with Crippen molar-refractivity contribution in [1.29, 1.82) is 0 Å². The van der Waals surface area contributed by atoms with Gasteiger partial charge in [0, 0.05) is 20.1 Å². The number of hydrogen-bond donors (Lipinski definition) is 1. The molecule has 0 unspecified atom stereocenters. The van der Waals surface area contributed by atoms with Gasteiger partial charge in [-0.2, -0.15) is 4.68 Å². The molecule has 0 spiro atoms. The van der Waals surface area contributed by atoms with Crippen LogP contribution in [0.4, 0.5) is 5.95 Å². The minimum Gasteiger partial charge on any atom is -0.337 e. The van der Waals surface area contributed by atoms with Gasteiger partial charge in [-0.05, 0) is 22.6 Å². The molecule has 1 saturated heterocycles. The Hall–Kier alpha value is -1.95. The molecular weight excluding hydrogens is 216 g/mol. The lowest BCUT2D eigenvalue weighted by molar-refractivity contribution is 0.423. The van der Waals surface area contributed by atoms with E-state index in [1.165, 1.54) is 0 Å². The monoisotopic (exact) mass is 230 g/mol. The Morgan fingerprint density at radius 3 is 2.71 bits per heavy atom. The minimum absolute atomic E-state index is 0.475. The second kappa shape index (κ2) is 4.14. The summed E-state index contributed by atoms with van der Waals surface area (Å²) in [4.78, 5) is 2.11. The minimum atomic E-state index is 0.475. The Bertz CT molecular complexity index is 490. The highest BCUT2D eigenvalue weighted by molar-refractivity contribution is 5.41. The highest BCUT2D eigenvalue weighted by Gasteiger charge is 2.25. The average molecular weight is 230 g/mol. The number of nitrogens with one attached hydrogen (secondary N) is 1. The largest absolute Gasteiger partial charge is 0.337 e. The summed E-state index contributed by atoms with van der Waals surface area (Å²) in [6.07, 6.45) is 0. The van der Waals surface area contributed by atoms with Crippen molar-refractivity contribution in [2.75, 3.05) is 25.0 Å². The van der Waals surface area contributed by atoms with E-state index in [-0.39, 0.29) is 0 Å². The number of tetrazole rings is 1. The van der Waals surface area contributed by atoms with Crippen molar-refractivity contribution in [1.82, 2.24) is 25.5 Å². The smallest absolute Gasteiger partial charge is 0.250 e. The van der Waals surface area contributed by atoms with E-state index in [1.807, 2.05) is 37.4 Å². The molecule has 2 aromatic rings. The van der Waals surface area contributed by atoms with E-state index >= 15 is 0 Å². The molecule has 3 rings (SSSR count). The van der Waals surface area contributed by atoms with Gasteiger partial charge < -0.3 is 10.2 Å². The van der Waals surface area contributed by atoms with Gasteiger partial charge in [0.25, 0.3) is 0 Å². The SMILES string of the molecule is CN(c1nnnn1-c1ccccc1)C1CNC1. The second-order valence-electron chi connectivity index (χ2n) is 4.15. The van der Waals surface area contributed by atoms with Gasteiger partial charge in [-0.25, -0.2) is 0 Å². The maximum atomic E-state index is 4.10. The standard InChI is InChI=1S/C11H14N6/c1-16(10-7-12-8-10)11-13-14-15-17(11)9-5-3-2-4-6-9/h2-6,10,12H,7-8H2,1H3. The summed E-state index contributed by atoms with van der Waals surface area (Å²) in [5, 5.41) is 15.1. The zero-order valence-electron chi connectivity index (χ0n) is 9.61. The molecular formula is C11H14N6. The third-order valence-corrected chi connectivity index (χ3v) is 3.08. The Kier molecular flexibility index (Phi) is 2.49. The summed E-state index contributed by atoms with van der Waals surface area (Å²) < 4.78 is 1.76. The van der Waals surface area contributed by atoms with Crippen LogP contribution in [-0.4, -0.2) is 46.4 Å². The van der Waals surface area contributed by atoms with Gasteiger partial charge in [-0.3, -0.25) is 0 Å². The van der Waals surface area contributed by atoms with E-state index in [0.717, 1.165) is 24.7 Å². The maximum absolute atomic E-state index is 4.10. The third kappa shape index (κ3) is 1.76. The number of aromatic nitrogens is 4. The number of hydrogen-bond acceptors (Lipinski definition) is 5. The predicted molar refractivity (Wildman–Crippen MR) is 64.2 cm³/mol. The van der Waals surface area contributed by atoms with Crippen molar-refractivity contribution < 1.29 is 0 Å². The summed E-state index contributed by atoms with van der Waals surface area (Å²) in [7, 11) is 2.02. The van der Waals surface area contributed by atoms with Crippen molar-refractivity contribution >= 4 is 5.95 Å². The van der Waals surface area contributed by atoms with Crippen molar-refractivity contribution in [3.63, 3.8) is 0 Å². The van der Waals surface area contributed by atoms with E-state index in [1.54, 1.807) is 4.68 Å².